The number of fused-ring (bicyclic) bond motifs is 2. The molecular weight excluding hydrogens is 447 g/mol. The van der Waals surface area contributed by atoms with Crippen LogP contribution in [-0.4, -0.2) is 24.5 Å². The molecule has 1 aliphatic rings. The van der Waals surface area contributed by atoms with Crippen LogP contribution in [0.25, 0.3) is 28.0 Å². The lowest BCUT2D eigenvalue weighted by Crippen LogP contribution is -2.48. The highest BCUT2D eigenvalue weighted by atomic mass is 35.5. The second-order valence-electron chi connectivity index (χ2n) is 7.46. The van der Waals surface area contributed by atoms with Gasteiger partial charge in [-0.25, -0.2) is 9.97 Å². The van der Waals surface area contributed by atoms with Gasteiger partial charge in [-0.2, -0.15) is 9.97 Å². The fourth-order valence-electron chi connectivity index (χ4n) is 3.94. The van der Waals surface area contributed by atoms with E-state index in [2.05, 4.69) is 31.3 Å². The van der Waals surface area contributed by atoms with Crippen LogP contribution >= 0.6 is 23.2 Å². The number of pyridine rings is 1. The van der Waals surface area contributed by atoms with Crippen molar-refractivity contribution in [1.29, 1.82) is 0 Å². The van der Waals surface area contributed by atoms with E-state index in [0.29, 0.717) is 33.7 Å². The Balaban J connectivity index is 1.72. The molecule has 0 fully saturated rings. The number of rotatable bonds is 4. The van der Waals surface area contributed by atoms with Crippen molar-refractivity contribution in [3.8, 4) is 5.69 Å². The first kappa shape index (κ1) is 20.6. The van der Waals surface area contributed by atoms with E-state index in [1.165, 1.54) is 0 Å². The first-order chi connectivity index (χ1) is 15.5. The number of nitrogens with one attached hydrogen (secondary N) is 1. The van der Waals surface area contributed by atoms with Crippen molar-refractivity contribution in [2.75, 3.05) is 5.32 Å². The van der Waals surface area contributed by atoms with Gasteiger partial charge in [0.1, 0.15) is 0 Å². The van der Waals surface area contributed by atoms with E-state index in [9.17, 15) is 4.79 Å². The summed E-state index contributed by atoms with van der Waals surface area (Å²) in [6.07, 6.45) is 6.63. The van der Waals surface area contributed by atoms with Crippen LogP contribution in [0.5, 0.6) is 0 Å². The predicted octanol–water partition coefficient (Wildman–Crippen LogP) is 3.32. The fourth-order valence-corrected chi connectivity index (χ4v) is 4.40. The SMILES string of the molecule is CC(Nc1nc(Cl)nc2nccnc12)c1cc2c(c(=O)n1-c1ccccc1)=C(Cl)CCC=2. The van der Waals surface area contributed by atoms with Gasteiger partial charge >= 0.3 is 0 Å². The van der Waals surface area contributed by atoms with E-state index in [1.807, 2.05) is 43.3 Å². The molecule has 9 heteroatoms. The Kier molecular flexibility index (Phi) is 5.36. The Bertz CT molecular complexity index is 1520. The molecule has 1 aliphatic carbocycles. The molecule has 1 atom stereocenters. The molecule has 3 heterocycles. The summed E-state index contributed by atoms with van der Waals surface area (Å²) < 4.78 is 1.69. The van der Waals surface area contributed by atoms with Crippen LogP contribution in [0.3, 0.4) is 0 Å². The molecule has 1 N–H and O–H groups in total. The zero-order valence-electron chi connectivity index (χ0n) is 17.1. The first-order valence-corrected chi connectivity index (χ1v) is 10.9. The van der Waals surface area contributed by atoms with E-state index in [4.69, 9.17) is 23.2 Å². The van der Waals surface area contributed by atoms with Gasteiger partial charge in [0.2, 0.25) is 5.28 Å². The summed E-state index contributed by atoms with van der Waals surface area (Å²) in [4.78, 5) is 30.6. The van der Waals surface area contributed by atoms with Gasteiger partial charge in [0.25, 0.3) is 5.56 Å². The standard InChI is InChI=1S/C23H18Cl2N6O/c1-13(28-21-19-20(27-11-10-26-19)29-23(25)30-21)17-12-14-6-5-9-16(24)18(14)22(32)31(17)15-7-3-2-4-8-15/h2-4,6-8,10-13H,5,9H2,1H3,(H,27,28,29,30). The average molecular weight is 465 g/mol. The van der Waals surface area contributed by atoms with Crippen molar-refractivity contribution in [1.82, 2.24) is 24.5 Å². The van der Waals surface area contributed by atoms with Crippen LogP contribution in [0.1, 0.15) is 31.5 Å². The summed E-state index contributed by atoms with van der Waals surface area (Å²) >= 11 is 12.6. The summed E-state index contributed by atoms with van der Waals surface area (Å²) in [5, 5.41) is 5.40. The molecular formula is C23H18Cl2N6O. The zero-order chi connectivity index (χ0) is 22.2. The van der Waals surface area contributed by atoms with Gasteiger partial charge in [0.05, 0.1) is 11.3 Å². The van der Waals surface area contributed by atoms with E-state index in [0.717, 1.165) is 23.0 Å². The molecule has 0 bridgehead atoms. The van der Waals surface area contributed by atoms with Crippen LogP contribution in [-0.2, 0) is 0 Å². The quantitative estimate of drug-likeness (QED) is 0.466. The third-order valence-corrected chi connectivity index (χ3v) is 5.93. The van der Waals surface area contributed by atoms with Gasteiger partial charge in [-0.3, -0.25) is 9.36 Å². The van der Waals surface area contributed by atoms with Crippen LogP contribution in [0.2, 0.25) is 5.28 Å². The average Bonchev–Trinajstić information content (AvgIpc) is 2.79. The van der Waals surface area contributed by atoms with Gasteiger partial charge in [-0.05, 0) is 54.8 Å². The van der Waals surface area contributed by atoms with Gasteiger partial charge in [-0.15, -0.1) is 0 Å². The maximum atomic E-state index is 13.6. The Hall–Kier alpha value is -3.29. The highest BCUT2D eigenvalue weighted by Gasteiger charge is 2.19. The summed E-state index contributed by atoms with van der Waals surface area (Å²) in [5.41, 5.74) is 2.25. The monoisotopic (exact) mass is 464 g/mol. The maximum absolute atomic E-state index is 13.6. The summed E-state index contributed by atoms with van der Waals surface area (Å²) in [6.45, 7) is 1.95. The number of para-hydroxylation sites is 1. The highest BCUT2D eigenvalue weighted by molar-refractivity contribution is 6.45. The van der Waals surface area contributed by atoms with Crippen molar-refractivity contribution in [3.63, 3.8) is 0 Å². The Labute approximate surface area is 193 Å². The van der Waals surface area contributed by atoms with Crippen LogP contribution in [0.15, 0.2) is 53.6 Å². The van der Waals surface area contributed by atoms with Crippen LogP contribution in [0.4, 0.5) is 5.82 Å². The molecule has 1 aromatic carbocycles. The van der Waals surface area contributed by atoms with E-state index >= 15 is 0 Å². The third-order valence-electron chi connectivity index (χ3n) is 5.38. The molecule has 3 aromatic heterocycles. The van der Waals surface area contributed by atoms with E-state index in [-0.39, 0.29) is 16.9 Å². The molecule has 0 saturated carbocycles. The minimum absolute atomic E-state index is 0.0632. The minimum atomic E-state index is -0.321. The molecule has 0 amide bonds. The normalized spacial score (nSPS) is 14.0. The molecule has 32 heavy (non-hydrogen) atoms. The molecule has 0 spiro atoms. The molecule has 0 aliphatic heterocycles. The maximum Gasteiger partial charge on any atom is 0.264 e. The topological polar surface area (TPSA) is 85.6 Å². The van der Waals surface area contributed by atoms with Crippen molar-refractivity contribution >= 4 is 51.3 Å². The second kappa shape index (κ2) is 8.33. The largest absolute Gasteiger partial charge is 0.360 e. The Morgan fingerprint density at radius 3 is 2.69 bits per heavy atom. The van der Waals surface area contributed by atoms with Crippen molar-refractivity contribution in [2.45, 2.75) is 25.8 Å². The third kappa shape index (κ3) is 3.63. The van der Waals surface area contributed by atoms with Gasteiger partial charge in [0, 0.05) is 28.8 Å². The van der Waals surface area contributed by atoms with Crippen LogP contribution in [0, 0.1) is 0 Å². The lowest BCUT2D eigenvalue weighted by molar-refractivity contribution is 0.759. The lowest BCUT2D eigenvalue weighted by Gasteiger charge is -2.22. The molecule has 7 nitrogen and oxygen atoms in total. The Morgan fingerprint density at radius 1 is 1.09 bits per heavy atom. The first-order valence-electron chi connectivity index (χ1n) is 10.1. The number of hydrogen-bond acceptors (Lipinski definition) is 6. The number of benzene rings is 1. The number of aromatic nitrogens is 5. The minimum Gasteiger partial charge on any atom is -0.360 e. The lowest BCUT2D eigenvalue weighted by atomic mass is 10.1. The van der Waals surface area contributed by atoms with Gasteiger partial charge in [0.15, 0.2) is 17.0 Å². The van der Waals surface area contributed by atoms with Crippen molar-refractivity contribution in [2.24, 2.45) is 0 Å². The molecule has 0 radical (unpaired) electrons. The molecule has 0 saturated heterocycles. The van der Waals surface area contributed by atoms with E-state index in [1.54, 1.807) is 17.0 Å². The van der Waals surface area contributed by atoms with Gasteiger partial charge < -0.3 is 5.32 Å². The zero-order valence-corrected chi connectivity index (χ0v) is 18.6. The van der Waals surface area contributed by atoms with Crippen molar-refractivity contribution in [3.05, 3.63) is 80.6 Å². The van der Waals surface area contributed by atoms with E-state index < -0.39 is 0 Å². The summed E-state index contributed by atoms with van der Waals surface area (Å²) in [6, 6.07) is 11.2. The number of hydrogen-bond donors (Lipinski definition) is 1. The molecule has 1 unspecified atom stereocenters. The smallest absolute Gasteiger partial charge is 0.264 e. The number of anilines is 1. The van der Waals surface area contributed by atoms with Crippen molar-refractivity contribution < 1.29 is 0 Å². The Morgan fingerprint density at radius 2 is 1.88 bits per heavy atom. The fraction of sp³-hybridized carbons (Fsp3) is 0.174. The highest BCUT2D eigenvalue weighted by Crippen LogP contribution is 2.24. The summed E-state index contributed by atoms with van der Waals surface area (Å²) in [7, 11) is 0. The summed E-state index contributed by atoms with van der Waals surface area (Å²) in [5.74, 6) is 0.443. The number of halogens is 2. The molecule has 4 aromatic rings. The molecule has 160 valence electrons. The molecule has 5 rings (SSSR count). The number of nitrogens with zero attached hydrogens (tertiary/aromatic N) is 5. The van der Waals surface area contributed by atoms with Gasteiger partial charge in [-0.1, -0.05) is 35.9 Å². The second-order valence-corrected chi connectivity index (χ2v) is 8.25. The van der Waals surface area contributed by atoms with Crippen LogP contribution < -0.4 is 21.3 Å². The predicted molar refractivity (Wildman–Crippen MR) is 126 cm³/mol.